The van der Waals surface area contributed by atoms with Gasteiger partial charge in [0.05, 0.1) is 5.60 Å². The van der Waals surface area contributed by atoms with Crippen molar-refractivity contribution in [3.8, 4) is 0 Å². The summed E-state index contributed by atoms with van der Waals surface area (Å²) in [6, 6.07) is 0.459. The van der Waals surface area contributed by atoms with E-state index in [4.69, 9.17) is 14.8 Å². The smallest absolute Gasteiger partial charge is 0.330 e. The molecule has 0 aromatic carbocycles. The van der Waals surface area contributed by atoms with Gasteiger partial charge in [0, 0.05) is 25.5 Å². The van der Waals surface area contributed by atoms with Gasteiger partial charge < -0.3 is 20.1 Å². The van der Waals surface area contributed by atoms with Gasteiger partial charge in [-0.2, -0.15) is 0 Å². The van der Waals surface area contributed by atoms with E-state index in [9.17, 15) is 0 Å². The van der Waals surface area contributed by atoms with Gasteiger partial charge in [-0.3, -0.25) is 0 Å². The van der Waals surface area contributed by atoms with Crippen LogP contribution in [0.25, 0.3) is 0 Å². The molecule has 0 aromatic heterocycles. The van der Waals surface area contributed by atoms with E-state index in [2.05, 4.69) is 33.0 Å². The van der Waals surface area contributed by atoms with Crippen LogP contribution < -0.4 is 5.32 Å². The molecule has 0 unspecified atom stereocenters. The fraction of sp³-hybridized carbons (Fsp3) is 0.800. The highest BCUT2D eigenvalue weighted by atomic mass is 16.5. The number of allylic oxidation sites excluding steroid dienone is 1. The molecular formula is C15H27BN2O2. The summed E-state index contributed by atoms with van der Waals surface area (Å²) in [6.45, 7) is 10.4. The summed E-state index contributed by atoms with van der Waals surface area (Å²) < 4.78 is 11.5. The largest absolute Gasteiger partial charge is 0.425 e. The first-order chi connectivity index (χ1) is 9.36. The molecule has 2 heterocycles. The zero-order chi connectivity index (χ0) is 14.8. The van der Waals surface area contributed by atoms with Crippen molar-refractivity contribution in [2.75, 3.05) is 13.2 Å². The first-order valence-corrected chi connectivity index (χ1v) is 7.58. The summed E-state index contributed by atoms with van der Waals surface area (Å²) >= 11 is 0. The van der Waals surface area contributed by atoms with Crippen LogP contribution in [0.15, 0.2) is 11.7 Å². The number of hydrogen-bond donors (Lipinski definition) is 2. The normalized spacial score (nSPS) is 26.6. The SMILES string of the molecule is CC1(C)CB(/C(C=N)=C/NC2CCOCC2)OC1(C)C. The number of nitrogens with one attached hydrogen (secondary N) is 2. The summed E-state index contributed by atoms with van der Waals surface area (Å²) in [6.07, 6.45) is 6.42. The molecule has 0 saturated carbocycles. The van der Waals surface area contributed by atoms with E-state index in [0.29, 0.717) is 6.04 Å². The van der Waals surface area contributed by atoms with Crippen molar-refractivity contribution < 1.29 is 9.39 Å². The molecule has 2 saturated heterocycles. The molecule has 20 heavy (non-hydrogen) atoms. The molecule has 0 radical (unpaired) electrons. The lowest BCUT2D eigenvalue weighted by Gasteiger charge is -2.34. The van der Waals surface area contributed by atoms with Gasteiger partial charge in [0.2, 0.25) is 0 Å². The second-order valence-electron chi connectivity index (χ2n) is 7.05. The van der Waals surface area contributed by atoms with Gasteiger partial charge in [0.25, 0.3) is 0 Å². The molecule has 5 heteroatoms. The minimum absolute atomic E-state index is 0.0184. The molecule has 0 atom stereocenters. The molecule has 112 valence electrons. The molecular weight excluding hydrogens is 251 g/mol. The standard InChI is InChI=1S/C15H27BN2O2/c1-14(2)11-16(20-15(14,3)4)12(9-17)10-18-13-5-7-19-8-6-13/h9-10,13,17-18H,5-8,11H2,1-4H3/b12-10+,17-9?. The Morgan fingerprint density at radius 3 is 2.40 bits per heavy atom. The van der Waals surface area contributed by atoms with Crippen molar-refractivity contribution in [2.45, 2.75) is 58.5 Å². The van der Waals surface area contributed by atoms with Crippen molar-refractivity contribution >= 4 is 13.1 Å². The minimum Gasteiger partial charge on any atom is -0.425 e. The van der Waals surface area contributed by atoms with Crippen LogP contribution in [0.5, 0.6) is 0 Å². The molecule has 2 N–H and O–H groups in total. The summed E-state index contributed by atoms with van der Waals surface area (Å²) in [7, 11) is 0. The van der Waals surface area contributed by atoms with E-state index in [1.54, 1.807) is 0 Å². The molecule has 0 bridgehead atoms. The van der Waals surface area contributed by atoms with E-state index in [0.717, 1.165) is 37.8 Å². The molecule has 2 aliphatic rings. The lowest BCUT2D eigenvalue weighted by atomic mass is 9.54. The summed E-state index contributed by atoms with van der Waals surface area (Å²) in [4.78, 5) is 0. The summed E-state index contributed by atoms with van der Waals surface area (Å²) in [5, 5.41) is 11.1. The number of hydrogen-bond acceptors (Lipinski definition) is 4. The number of ether oxygens (including phenoxy) is 1. The molecule has 2 fully saturated rings. The van der Waals surface area contributed by atoms with E-state index in [-0.39, 0.29) is 17.9 Å². The lowest BCUT2D eigenvalue weighted by Crippen LogP contribution is -2.35. The maximum atomic E-state index is 7.66. The quantitative estimate of drug-likeness (QED) is 0.614. The van der Waals surface area contributed by atoms with Crippen LogP contribution in [-0.4, -0.2) is 38.0 Å². The highest BCUT2D eigenvalue weighted by molar-refractivity contribution is 6.66. The molecule has 2 rings (SSSR count). The zero-order valence-corrected chi connectivity index (χ0v) is 13.2. The monoisotopic (exact) mass is 278 g/mol. The Labute approximate surface area is 122 Å². The van der Waals surface area contributed by atoms with E-state index < -0.39 is 0 Å². The Balaban J connectivity index is 2.00. The molecule has 0 aromatic rings. The van der Waals surface area contributed by atoms with Crippen molar-refractivity contribution in [3.05, 3.63) is 11.7 Å². The predicted molar refractivity (Wildman–Crippen MR) is 83.3 cm³/mol. The summed E-state index contributed by atoms with van der Waals surface area (Å²) in [5.41, 5.74) is 0.909. The molecule has 2 aliphatic heterocycles. The molecule has 4 nitrogen and oxygen atoms in total. The third-order valence-corrected chi connectivity index (χ3v) is 5.01. The van der Waals surface area contributed by atoms with Gasteiger partial charge in [0.1, 0.15) is 0 Å². The fourth-order valence-electron chi connectivity index (χ4n) is 2.76. The minimum atomic E-state index is -0.154. The van der Waals surface area contributed by atoms with Gasteiger partial charge in [-0.05, 0) is 50.1 Å². The second kappa shape index (κ2) is 5.90. The van der Waals surface area contributed by atoms with Crippen LogP contribution in [0.4, 0.5) is 0 Å². The maximum Gasteiger partial charge on any atom is 0.330 e. The Hall–Kier alpha value is -0.805. The third-order valence-electron chi connectivity index (χ3n) is 5.01. The first kappa shape index (κ1) is 15.6. The Bertz CT molecular complexity index is 371. The van der Waals surface area contributed by atoms with E-state index in [1.165, 1.54) is 6.21 Å². The number of rotatable bonds is 4. The summed E-state index contributed by atoms with van der Waals surface area (Å²) in [5.74, 6) is 0. The highest BCUT2D eigenvalue weighted by Gasteiger charge is 2.50. The van der Waals surface area contributed by atoms with Gasteiger partial charge >= 0.3 is 6.92 Å². The fourth-order valence-corrected chi connectivity index (χ4v) is 2.76. The van der Waals surface area contributed by atoms with Crippen LogP contribution in [0.1, 0.15) is 40.5 Å². The first-order valence-electron chi connectivity index (χ1n) is 7.58. The van der Waals surface area contributed by atoms with Gasteiger partial charge in [-0.1, -0.05) is 13.8 Å². The molecule has 0 aliphatic carbocycles. The van der Waals surface area contributed by atoms with Gasteiger partial charge in [0.15, 0.2) is 0 Å². The zero-order valence-electron chi connectivity index (χ0n) is 13.2. The third kappa shape index (κ3) is 3.26. The topological polar surface area (TPSA) is 54.3 Å². The average Bonchev–Trinajstić information content (AvgIpc) is 2.60. The van der Waals surface area contributed by atoms with Crippen LogP contribution >= 0.6 is 0 Å². The predicted octanol–water partition coefficient (Wildman–Crippen LogP) is 2.65. The van der Waals surface area contributed by atoms with Crippen LogP contribution in [0, 0.1) is 10.8 Å². The van der Waals surface area contributed by atoms with Gasteiger partial charge in [-0.25, -0.2) is 0 Å². The van der Waals surface area contributed by atoms with Crippen LogP contribution in [-0.2, 0) is 9.39 Å². The van der Waals surface area contributed by atoms with Crippen molar-refractivity contribution in [3.63, 3.8) is 0 Å². The second-order valence-corrected chi connectivity index (χ2v) is 7.05. The van der Waals surface area contributed by atoms with E-state index in [1.807, 2.05) is 6.20 Å². The van der Waals surface area contributed by atoms with Crippen molar-refractivity contribution in [2.24, 2.45) is 5.41 Å². The van der Waals surface area contributed by atoms with Gasteiger partial charge in [-0.15, -0.1) is 0 Å². The van der Waals surface area contributed by atoms with Crippen LogP contribution in [0.3, 0.4) is 0 Å². The molecule has 0 spiro atoms. The lowest BCUT2D eigenvalue weighted by molar-refractivity contribution is 0.0372. The Kier molecular flexibility index (Phi) is 4.60. The average molecular weight is 278 g/mol. The van der Waals surface area contributed by atoms with Crippen molar-refractivity contribution in [1.82, 2.24) is 5.32 Å². The maximum absolute atomic E-state index is 7.66. The van der Waals surface area contributed by atoms with Crippen LogP contribution in [0.2, 0.25) is 6.32 Å². The van der Waals surface area contributed by atoms with E-state index >= 15 is 0 Å². The highest BCUT2D eigenvalue weighted by Crippen LogP contribution is 2.46. The Morgan fingerprint density at radius 2 is 1.90 bits per heavy atom. The Morgan fingerprint density at radius 1 is 1.25 bits per heavy atom. The van der Waals surface area contributed by atoms with Crippen molar-refractivity contribution in [1.29, 1.82) is 5.41 Å². The molecule has 0 amide bonds.